The second-order valence-electron chi connectivity index (χ2n) is 5.90. The van der Waals surface area contributed by atoms with Gasteiger partial charge in [-0.15, -0.1) is 0 Å². The van der Waals surface area contributed by atoms with Crippen LogP contribution in [0.25, 0.3) is 0 Å². The van der Waals surface area contributed by atoms with Gasteiger partial charge in [-0.3, -0.25) is 4.72 Å². The molecule has 0 unspecified atom stereocenters. The third-order valence-corrected chi connectivity index (χ3v) is 5.41. The highest BCUT2D eigenvalue weighted by Crippen LogP contribution is 2.26. The van der Waals surface area contributed by atoms with Gasteiger partial charge in [0.2, 0.25) is 0 Å². The molecule has 0 bridgehead atoms. The Kier molecular flexibility index (Phi) is 5.43. The molecule has 0 saturated carbocycles. The Morgan fingerprint density at radius 3 is 2.04 bits per heavy atom. The fourth-order valence-corrected chi connectivity index (χ4v) is 3.81. The molecule has 0 fully saturated rings. The minimum Gasteiger partial charge on any atom is -0.274 e. The van der Waals surface area contributed by atoms with Crippen molar-refractivity contribution in [2.45, 2.75) is 11.8 Å². The summed E-state index contributed by atoms with van der Waals surface area (Å²) in [5, 5.41) is 0. The Labute approximate surface area is 160 Å². The molecule has 0 aliphatic carbocycles. The molecule has 0 atom stereocenters. The molecule has 28 heavy (non-hydrogen) atoms. The van der Waals surface area contributed by atoms with Crippen LogP contribution in [-0.4, -0.2) is 8.42 Å². The van der Waals surface area contributed by atoms with Gasteiger partial charge in [0.1, 0.15) is 11.5 Å². The van der Waals surface area contributed by atoms with Crippen molar-refractivity contribution in [1.82, 2.24) is 0 Å². The first-order valence-electron chi connectivity index (χ1n) is 8.12. The van der Waals surface area contributed by atoms with Gasteiger partial charge in [0.25, 0.3) is 10.0 Å². The van der Waals surface area contributed by atoms with Gasteiger partial charge in [0.15, 0.2) is 11.6 Å². The fraction of sp³-hybridized carbons (Fsp3) is 0.0476. The van der Waals surface area contributed by atoms with Gasteiger partial charge >= 0.3 is 0 Å². The topological polar surface area (TPSA) is 46.2 Å². The van der Waals surface area contributed by atoms with E-state index in [4.69, 9.17) is 0 Å². The maximum absolute atomic E-state index is 14.4. The van der Waals surface area contributed by atoms with E-state index in [0.29, 0.717) is 5.56 Å². The lowest BCUT2D eigenvalue weighted by molar-refractivity contribution is 0.579. The van der Waals surface area contributed by atoms with E-state index in [1.165, 1.54) is 13.0 Å². The Balaban J connectivity index is 1.94. The number of hydrogen-bond donors (Lipinski definition) is 1. The zero-order valence-electron chi connectivity index (χ0n) is 14.6. The molecule has 0 saturated heterocycles. The summed E-state index contributed by atoms with van der Waals surface area (Å²) in [4.78, 5) is -0.403. The molecule has 0 spiro atoms. The maximum Gasteiger partial charge on any atom is 0.262 e. The van der Waals surface area contributed by atoms with Crippen LogP contribution in [0.5, 0.6) is 0 Å². The van der Waals surface area contributed by atoms with Crippen LogP contribution >= 0.6 is 0 Å². The summed E-state index contributed by atoms with van der Waals surface area (Å²) < 4.78 is 69.1. The number of benzene rings is 3. The lowest BCUT2D eigenvalue weighted by atomic mass is 10.1. The molecule has 0 heterocycles. The van der Waals surface area contributed by atoms with Gasteiger partial charge in [-0.1, -0.05) is 36.1 Å². The fourth-order valence-electron chi connectivity index (χ4n) is 2.48. The molecule has 142 valence electrons. The van der Waals surface area contributed by atoms with Gasteiger partial charge in [-0.25, -0.2) is 21.6 Å². The van der Waals surface area contributed by atoms with Crippen LogP contribution in [0.4, 0.5) is 18.9 Å². The Bertz CT molecular complexity index is 1170. The van der Waals surface area contributed by atoms with Gasteiger partial charge in [0.05, 0.1) is 4.90 Å². The lowest BCUT2D eigenvalue weighted by Crippen LogP contribution is -2.17. The van der Waals surface area contributed by atoms with Gasteiger partial charge in [-0.2, -0.15) is 0 Å². The molecular weight excluding hydrogens is 387 g/mol. The summed E-state index contributed by atoms with van der Waals surface area (Å²) in [6, 6.07) is 14.1. The van der Waals surface area contributed by atoms with Crippen molar-refractivity contribution < 1.29 is 21.6 Å². The highest BCUT2D eigenvalue weighted by atomic mass is 32.2. The maximum atomic E-state index is 14.4. The Morgan fingerprint density at radius 2 is 1.39 bits per heavy atom. The molecule has 0 aromatic heterocycles. The van der Waals surface area contributed by atoms with Crippen molar-refractivity contribution in [3.63, 3.8) is 0 Å². The van der Waals surface area contributed by atoms with Crippen molar-refractivity contribution >= 4 is 15.7 Å². The SMILES string of the molecule is Cc1c(F)cccc1S(=O)(=O)Nc1c(F)cc(C#Cc2ccccc2)cc1F. The number of sulfonamides is 1. The molecule has 1 N–H and O–H groups in total. The Morgan fingerprint density at radius 1 is 0.786 bits per heavy atom. The van der Waals surface area contributed by atoms with Gasteiger partial charge in [-0.05, 0) is 43.3 Å². The van der Waals surface area contributed by atoms with Crippen LogP contribution in [-0.2, 0) is 10.0 Å². The molecular formula is C21H14F3NO2S. The normalized spacial score (nSPS) is 10.9. The van der Waals surface area contributed by atoms with E-state index < -0.39 is 38.1 Å². The van der Waals surface area contributed by atoms with Crippen LogP contribution in [0.1, 0.15) is 16.7 Å². The molecule has 3 rings (SSSR count). The number of rotatable bonds is 3. The van der Waals surface area contributed by atoms with E-state index in [2.05, 4.69) is 11.8 Å². The number of nitrogens with one attached hydrogen (secondary N) is 1. The van der Waals surface area contributed by atoms with E-state index >= 15 is 0 Å². The number of hydrogen-bond acceptors (Lipinski definition) is 2. The third-order valence-electron chi connectivity index (χ3n) is 3.91. The summed E-state index contributed by atoms with van der Waals surface area (Å²) in [5.41, 5.74) is -0.298. The largest absolute Gasteiger partial charge is 0.274 e. The first-order valence-corrected chi connectivity index (χ1v) is 9.60. The van der Waals surface area contributed by atoms with E-state index in [1.807, 2.05) is 10.8 Å². The van der Waals surface area contributed by atoms with Crippen LogP contribution < -0.4 is 4.72 Å². The monoisotopic (exact) mass is 401 g/mol. The van der Waals surface area contributed by atoms with Crippen molar-refractivity contribution in [2.24, 2.45) is 0 Å². The molecule has 0 amide bonds. The van der Waals surface area contributed by atoms with E-state index in [9.17, 15) is 21.6 Å². The molecule has 3 nitrogen and oxygen atoms in total. The number of anilines is 1. The zero-order valence-corrected chi connectivity index (χ0v) is 15.4. The van der Waals surface area contributed by atoms with Crippen LogP contribution in [0, 0.1) is 36.2 Å². The summed E-state index contributed by atoms with van der Waals surface area (Å²) in [6.07, 6.45) is 0. The molecule has 0 radical (unpaired) electrons. The van der Waals surface area contributed by atoms with E-state index in [1.54, 1.807) is 24.3 Å². The third kappa shape index (κ3) is 4.18. The van der Waals surface area contributed by atoms with Gasteiger partial charge < -0.3 is 0 Å². The zero-order chi connectivity index (χ0) is 20.3. The van der Waals surface area contributed by atoms with E-state index in [-0.39, 0.29) is 11.1 Å². The quantitative estimate of drug-likeness (QED) is 0.652. The van der Waals surface area contributed by atoms with Crippen LogP contribution in [0.3, 0.4) is 0 Å². The molecule has 3 aromatic rings. The van der Waals surface area contributed by atoms with Crippen molar-refractivity contribution in [2.75, 3.05) is 4.72 Å². The van der Waals surface area contributed by atoms with Gasteiger partial charge in [0, 0.05) is 16.7 Å². The summed E-state index contributed by atoms with van der Waals surface area (Å²) >= 11 is 0. The standard InChI is InChI=1S/C21H14F3NO2S/c1-14-17(22)8-5-9-20(14)28(26,27)25-21-18(23)12-16(13-19(21)24)11-10-15-6-3-2-4-7-15/h2-9,12-13,25H,1H3. The highest BCUT2D eigenvalue weighted by molar-refractivity contribution is 7.92. The van der Waals surface area contributed by atoms with Crippen molar-refractivity contribution in [3.05, 3.63) is 94.8 Å². The summed E-state index contributed by atoms with van der Waals surface area (Å²) in [5.74, 6) is 2.38. The number of halogens is 3. The van der Waals surface area contributed by atoms with Crippen molar-refractivity contribution in [3.8, 4) is 11.8 Å². The minimum absolute atomic E-state index is 0.0451. The molecule has 0 aliphatic rings. The van der Waals surface area contributed by atoms with Crippen LogP contribution in [0.2, 0.25) is 0 Å². The second kappa shape index (κ2) is 7.79. The first-order chi connectivity index (χ1) is 13.3. The predicted molar refractivity (Wildman–Crippen MR) is 101 cm³/mol. The van der Waals surface area contributed by atoms with Crippen LogP contribution in [0.15, 0.2) is 65.6 Å². The average molecular weight is 401 g/mol. The second-order valence-corrected chi connectivity index (χ2v) is 7.55. The average Bonchev–Trinajstić information content (AvgIpc) is 2.66. The Hall–Kier alpha value is -3.24. The summed E-state index contributed by atoms with van der Waals surface area (Å²) in [6.45, 7) is 1.26. The minimum atomic E-state index is -4.39. The summed E-state index contributed by atoms with van der Waals surface area (Å²) in [7, 11) is -4.39. The lowest BCUT2D eigenvalue weighted by Gasteiger charge is -2.12. The molecule has 0 aliphatic heterocycles. The first kappa shape index (κ1) is 19.5. The smallest absolute Gasteiger partial charge is 0.262 e. The predicted octanol–water partition coefficient (Wildman–Crippen LogP) is 4.61. The molecule has 3 aromatic carbocycles. The molecule has 7 heteroatoms. The van der Waals surface area contributed by atoms with E-state index in [0.717, 1.165) is 24.3 Å². The van der Waals surface area contributed by atoms with Crippen molar-refractivity contribution in [1.29, 1.82) is 0 Å². The highest BCUT2D eigenvalue weighted by Gasteiger charge is 2.22.